The monoisotopic (exact) mass is 483 g/mol. The lowest BCUT2D eigenvalue weighted by Gasteiger charge is -2.40. The van der Waals surface area contributed by atoms with E-state index in [4.69, 9.17) is 0 Å². The standard InChI is InChI=1S/C30H30FN3O2/c1-20(25-12-5-8-21-7-2-3-11-26(21)25)32-18-23-15-16-34(29-14-6-13-28(33-29)30(35)36)19-27(23)22-9-4-10-24(31)17-22/h2-14,17,20,23,27,32H,15-16,18-19H2,1H3,(H,35,36)/t20-,23?,27?/m1/s1. The van der Waals surface area contributed by atoms with Crippen molar-refractivity contribution in [1.82, 2.24) is 10.3 Å². The Morgan fingerprint density at radius 2 is 1.86 bits per heavy atom. The van der Waals surface area contributed by atoms with Crippen LogP contribution in [-0.2, 0) is 0 Å². The van der Waals surface area contributed by atoms with Gasteiger partial charge in [0.25, 0.3) is 0 Å². The van der Waals surface area contributed by atoms with Gasteiger partial charge in [0, 0.05) is 25.0 Å². The van der Waals surface area contributed by atoms with Crippen molar-refractivity contribution in [2.24, 2.45) is 5.92 Å². The number of rotatable bonds is 7. The quantitative estimate of drug-likeness (QED) is 0.336. The number of pyridine rings is 1. The molecule has 0 radical (unpaired) electrons. The maximum atomic E-state index is 14.2. The van der Waals surface area contributed by atoms with Gasteiger partial charge >= 0.3 is 5.97 Å². The summed E-state index contributed by atoms with van der Waals surface area (Å²) in [6.45, 7) is 4.39. The van der Waals surface area contributed by atoms with Crippen molar-refractivity contribution in [3.8, 4) is 0 Å². The number of aromatic carboxylic acids is 1. The molecule has 2 unspecified atom stereocenters. The van der Waals surface area contributed by atoms with Crippen molar-refractivity contribution in [1.29, 1.82) is 0 Å². The van der Waals surface area contributed by atoms with Crippen LogP contribution in [0.1, 0.15) is 46.9 Å². The number of hydrogen-bond donors (Lipinski definition) is 2. The Morgan fingerprint density at radius 3 is 2.69 bits per heavy atom. The zero-order valence-electron chi connectivity index (χ0n) is 20.3. The van der Waals surface area contributed by atoms with Gasteiger partial charge < -0.3 is 15.3 Å². The van der Waals surface area contributed by atoms with E-state index in [2.05, 4.69) is 64.6 Å². The molecule has 1 aromatic heterocycles. The Hall–Kier alpha value is -3.77. The summed E-state index contributed by atoms with van der Waals surface area (Å²) in [5.74, 6) is -0.265. The summed E-state index contributed by atoms with van der Waals surface area (Å²) in [5.41, 5.74) is 2.25. The number of hydrogen-bond acceptors (Lipinski definition) is 4. The fourth-order valence-corrected chi connectivity index (χ4v) is 5.35. The van der Waals surface area contributed by atoms with Crippen molar-refractivity contribution in [3.05, 3.63) is 108 Å². The molecule has 0 amide bonds. The van der Waals surface area contributed by atoms with Gasteiger partial charge in [0.1, 0.15) is 11.6 Å². The Kier molecular flexibility index (Phi) is 6.96. The molecule has 2 heterocycles. The van der Waals surface area contributed by atoms with Crippen LogP contribution < -0.4 is 10.2 Å². The third kappa shape index (κ3) is 5.09. The van der Waals surface area contributed by atoms with E-state index < -0.39 is 5.97 Å². The minimum atomic E-state index is -1.04. The minimum absolute atomic E-state index is 0.0301. The molecular formula is C30H30FN3O2. The number of anilines is 1. The van der Waals surface area contributed by atoms with Gasteiger partial charge in [-0.3, -0.25) is 0 Å². The van der Waals surface area contributed by atoms with Gasteiger partial charge in [-0.15, -0.1) is 0 Å². The molecule has 1 aliphatic heterocycles. The van der Waals surface area contributed by atoms with E-state index in [0.29, 0.717) is 18.3 Å². The lowest BCUT2D eigenvalue weighted by molar-refractivity contribution is 0.0690. The molecule has 1 fully saturated rings. The van der Waals surface area contributed by atoms with Crippen LogP contribution in [0.15, 0.2) is 84.9 Å². The first-order chi connectivity index (χ1) is 17.5. The summed E-state index contributed by atoms with van der Waals surface area (Å²) >= 11 is 0. The van der Waals surface area contributed by atoms with E-state index in [1.165, 1.54) is 28.5 Å². The normalized spacial score (nSPS) is 18.8. The molecule has 5 nitrogen and oxygen atoms in total. The molecule has 0 bridgehead atoms. The molecular weight excluding hydrogens is 453 g/mol. The number of carbonyl (C=O) groups is 1. The molecule has 2 N–H and O–H groups in total. The number of benzene rings is 3. The van der Waals surface area contributed by atoms with Crippen molar-refractivity contribution in [3.63, 3.8) is 0 Å². The third-order valence-corrected chi connectivity index (χ3v) is 7.29. The highest BCUT2D eigenvalue weighted by Crippen LogP contribution is 2.35. The molecule has 0 saturated carbocycles. The van der Waals surface area contributed by atoms with E-state index in [1.807, 2.05) is 12.1 Å². The molecule has 3 aromatic carbocycles. The van der Waals surface area contributed by atoms with Crippen LogP contribution in [0.4, 0.5) is 10.2 Å². The predicted molar refractivity (Wildman–Crippen MR) is 141 cm³/mol. The summed E-state index contributed by atoms with van der Waals surface area (Å²) in [6.07, 6.45) is 0.884. The zero-order valence-corrected chi connectivity index (χ0v) is 20.3. The molecule has 0 spiro atoms. The van der Waals surface area contributed by atoms with Crippen molar-refractivity contribution in [2.45, 2.75) is 25.3 Å². The maximum Gasteiger partial charge on any atom is 0.354 e. The molecule has 1 aliphatic rings. The molecule has 6 heteroatoms. The van der Waals surface area contributed by atoms with Gasteiger partial charge in [0.05, 0.1) is 0 Å². The van der Waals surface area contributed by atoms with Gasteiger partial charge in [-0.05, 0) is 72.0 Å². The maximum absolute atomic E-state index is 14.2. The number of halogens is 1. The fourth-order valence-electron chi connectivity index (χ4n) is 5.35. The number of carboxylic acid groups (broad SMARTS) is 1. The number of piperidine rings is 1. The first-order valence-electron chi connectivity index (χ1n) is 12.4. The van der Waals surface area contributed by atoms with Gasteiger partial charge in [0.2, 0.25) is 0 Å². The number of aromatic nitrogens is 1. The summed E-state index contributed by atoms with van der Waals surface area (Å²) in [7, 11) is 0. The Labute approximate surface area is 210 Å². The first kappa shape index (κ1) is 23.9. The topological polar surface area (TPSA) is 65.5 Å². The number of nitrogens with one attached hydrogen (secondary N) is 1. The number of carboxylic acids is 1. The number of fused-ring (bicyclic) bond motifs is 1. The lowest BCUT2D eigenvalue weighted by Crippen LogP contribution is -2.43. The Bertz CT molecular complexity index is 1370. The van der Waals surface area contributed by atoms with E-state index in [0.717, 1.165) is 25.1 Å². The van der Waals surface area contributed by atoms with Crippen molar-refractivity contribution >= 4 is 22.6 Å². The first-order valence-corrected chi connectivity index (χ1v) is 12.4. The second-order valence-corrected chi connectivity index (χ2v) is 9.54. The van der Waals surface area contributed by atoms with Crippen LogP contribution in [0.25, 0.3) is 10.8 Å². The van der Waals surface area contributed by atoms with E-state index in [-0.39, 0.29) is 23.5 Å². The summed E-state index contributed by atoms with van der Waals surface area (Å²) in [5, 5.41) is 15.6. The molecule has 0 aliphatic carbocycles. The lowest BCUT2D eigenvalue weighted by atomic mass is 9.80. The van der Waals surface area contributed by atoms with Gasteiger partial charge in [0.15, 0.2) is 5.69 Å². The van der Waals surface area contributed by atoms with Crippen LogP contribution in [-0.4, -0.2) is 35.7 Å². The minimum Gasteiger partial charge on any atom is -0.477 e. The van der Waals surface area contributed by atoms with Crippen LogP contribution in [0.2, 0.25) is 0 Å². The van der Waals surface area contributed by atoms with Crippen molar-refractivity contribution < 1.29 is 14.3 Å². The largest absolute Gasteiger partial charge is 0.477 e. The fraction of sp³-hybridized carbons (Fsp3) is 0.267. The second-order valence-electron chi connectivity index (χ2n) is 9.54. The van der Waals surface area contributed by atoms with Crippen molar-refractivity contribution in [2.75, 3.05) is 24.5 Å². The Morgan fingerprint density at radius 1 is 1.08 bits per heavy atom. The van der Waals surface area contributed by atoms with E-state index in [9.17, 15) is 14.3 Å². The average Bonchev–Trinajstić information content (AvgIpc) is 2.91. The van der Waals surface area contributed by atoms with Gasteiger partial charge in [-0.1, -0.05) is 60.7 Å². The van der Waals surface area contributed by atoms with Gasteiger partial charge in [-0.2, -0.15) is 0 Å². The van der Waals surface area contributed by atoms with Gasteiger partial charge in [-0.25, -0.2) is 14.2 Å². The molecule has 1 saturated heterocycles. The summed E-state index contributed by atoms with van der Waals surface area (Å²) in [4.78, 5) is 17.9. The van der Waals surface area contributed by atoms with E-state index >= 15 is 0 Å². The molecule has 4 aromatic rings. The average molecular weight is 484 g/mol. The molecule has 5 rings (SSSR count). The predicted octanol–water partition coefficient (Wildman–Crippen LogP) is 6.03. The van der Waals surface area contributed by atoms with Crippen LogP contribution >= 0.6 is 0 Å². The molecule has 36 heavy (non-hydrogen) atoms. The summed E-state index contributed by atoms with van der Waals surface area (Å²) < 4.78 is 14.2. The highest BCUT2D eigenvalue weighted by atomic mass is 19.1. The van der Waals surface area contributed by atoms with E-state index in [1.54, 1.807) is 18.2 Å². The Balaban J connectivity index is 1.37. The highest BCUT2D eigenvalue weighted by molar-refractivity contribution is 5.86. The highest BCUT2D eigenvalue weighted by Gasteiger charge is 2.32. The third-order valence-electron chi connectivity index (χ3n) is 7.29. The molecule has 3 atom stereocenters. The number of nitrogens with zero attached hydrogens (tertiary/aromatic N) is 2. The van der Waals surface area contributed by atoms with Crippen LogP contribution in [0, 0.1) is 11.7 Å². The zero-order chi connectivity index (χ0) is 25.1. The van der Waals surface area contributed by atoms with Crippen LogP contribution in [0.5, 0.6) is 0 Å². The van der Waals surface area contributed by atoms with Crippen LogP contribution in [0.3, 0.4) is 0 Å². The second kappa shape index (κ2) is 10.5. The molecule has 184 valence electrons. The SMILES string of the molecule is C[C@@H](NCC1CCN(c2cccc(C(=O)O)n2)CC1c1cccc(F)c1)c1cccc2ccccc12. The smallest absolute Gasteiger partial charge is 0.354 e. The summed E-state index contributed by atoms with van der Waals surface area (Å²) in [6, 6.07) is 26.9.